The van der Waals surface area contributed by atoms with Crippen molar-refractivity contribution in [3.05, 3.63) is 47.0 Å². The first-order valence-electron chi connectivity index (χ1n) is 5.42. The fraction of sp³-hybridized carbons (Fsp3) is 0.385. The molecule has 2 bridgehead atoms. The molecule has 1 aromatic carbocycles. The molecule has 3 aliphatic rings. The van der Waals surface area contributed by atoms with Gasteiger partial charge in [-0.05, 0) is 36.5 Å². The Morgan fingerprint density at radius 3 is 2.40 bits per heavy atom. The molecule has 2 heterocycles. The lowest BCUT2D eigenvalue weighted by Crippen LogP contribution is -2.23. The van der Waals surface area contributed by atoms with Gasteiger partial charge in [-0.3, -0.25) is 0 Å². The van der Waals surface area contributed by atoms with Gasteiger partial charge in [0.1, 0.15) is 0 Å². The Morgan fingerprint density at radius 1 is 1.07 bits per heavy atom. The van der Waals surface area contributed by atoms with Crippen molar-refractivity contribution in [3.63, 3.8) is 0 Å². The van der Waals surface area contributed by atoms with E-state index in [1.54, 1.807) is 0 Å². The highest BCUT2D eigenvalue weighted by Crippen LogP contribution is 2.50. The molecule has 1 saturated heterocycles. The van der Waals surface area contributed by atoms with Crippen LogP contribution in [-0.4, -0.2) is 5.25 Å². The predicted molar refractivity (Wildman–Crippen MR) is 67.4 cm³/mol. The van der Waals surface area contributed by atoms with Crippen LogP contribution < -0.4 is 0 Å². The molecule has 0 radical (unpaired) electrons. The van der Waals surface area contributed by atoms with Gasteiger partial charge >= 0.3 is 0 Å². The zero-order chi connectivity index (χ0) is 10.3. The van der Waals surface area contributed by atoms with Crippen molar-refractivity contribution in [2.45, 2.75) is 23.3 Å². The summed E-state index contributed by atoms with van der Waals surface area (Å²) in [6.07, 6.45) is 7.49. The van der Waals surface area contributed by atoms with Gasteiger partial charge in [0, 0.05) is 15.5 Å². The second-order valence-corrected chi connectivity index (χ2v) is 6.09. The van der Waals surface area contributed by atoms with Crippen molar-refractivity contribution >= 4 is 23.4 Å². The van der Waals surface area contributed by atoms with Crippen LogP contribution in [0.25, 0.3) is 0 Å². The lowest BCUT2D eigenvalue weighted by molar-refractivity contribution is 0.509. The normalized spacial score (nSPS) is 33.3. The van der Waals surface area contributed by atoms with E-state index in [4.69, 9.17) is 11.6 Å². The van der Waals surface area contributed by atoms with Gasteiger partial charge in [-0.15, -0.1) is 11.8 Å². The molecule has 3 unspecified atom stereocenters. The molecule has 2 heteroatoms. The second kappa shape index (κ2) is 3.88. The Bertz CT molecular complexity index is 382. The van der Waals surface area contributed by atoms with Crippen LogP contribution in [0.3, 0.4) is 0 Å². The highest BCUT2D eigenvalue weighted by atomic mass is 35.5. The van der Waals surface area contributed by atoms with E-state index in [1.807, 2.05) is 12.1 Å². The molecule has 2 aliphatic heterocycles. The van der Waals surface area contributed by atoms with E-state index in [-0.39, 0.29) is 0 Å². The molecular weight excluding hydrogens is 224 g/mol. The highest BCUT2D eigenvalue weighted by Gasteiger charge is 2.33. The van der Waals surface area contributed by atoms with Gasteiger partial charge in [-0.2, -0.15) is 0 Å². The topological polar surface area (TPSA) is 0 Å². The summed E-state index contributed by atoms with van der Waals surface area (Å²) in [6, 6.07) is 8.36. The van der Waals surface area contributed by atoms with Gasteiger partial charge in [0.05, 0.1) is 0 Å². The quantitative estimate of drug-likeness (QED) is 0.649. The van der Waals surface area contributed by atoms with E-state index < -0.39 is 0 Å². The Kier molecular flexibility index (Phi) is 2.53. The van der Waals surface area contributed by atoms with E-state index in [0.29, 0.717) is 5.25 Å². The average Bonchev–Trinajstić information content (AvgIpc) is 2.31. The Labute approximate surface area is 99.7 Å². The van der Waals surface area contributed by atoms with E-state index in [2.05, 4.69) is 36.0 Å². The first kappa shape index (κ1) is 9.80. The summed E-state index contributed by atoms with van der Waals surface area (Å²) in [7, 11) is 0. The largest absolute Gasteiger partial charge is 0.146 e. The Morgan fingerprint density at radius 2 is 1.87 bits per heavy atom. The highest BCUT2D eigenvalue weighted by molar-refractivity contribution is 8.00. The number of rotatable bonds is 1. The summed E-state index contributed by atoms with van der Waals surface area (Å²) < 4.78 is 0. The fourth-order valence-electron chi connectivity index (χ4n) is 2.45. The van der Waals surface area contributed by atoms with Crippen molar-refractivity contribution in [3.8, 4) is 0 Å². The molecule has 15 heavy (non-hydrogen) atoms. The van der Waals surface area contributed by atoms with Crippen LogP contribution in [0.1, 0.15) is 23.7 Å². The third kappa shape index (κ3) is 1.83. The summed E-state index contributed by atoms with van der Waals surface area (Å²) in [5.74, 6) is 0.737. The van der Waals surface area contributed by atoms with Gasteiger partial charge in [0.2, 0.25) is 0 Å². The zero-order valence-electron chi connectivity index (χ0n) is 8.40. The standard InChI is InChI=1S/C13H13ClS/c14-11-5-1-9(2-6-11)13-10-3-7-12(15-13)8-4-10/h1-3,5-7,10,12-13H,4,8H2. The van der Waals surface area contributed by atoms with Crippen molar-refractivity contribution in [1.29, 1.82) is 0 Å². The number of hydrogen-bond donors (Lipinski definition) is 0. The predicted octanol–water partition coefficient (Wildman–Crippen LogP) is 4.46. The Hall–Kier alpha value is -0.400. The molecular formula is C13H13ClS. The lowest BCUT2D eigenvalue weighted by atomic mass is 9.88. The van der Waals surface area contributed by atoms with Gasteiger partial charge in [0.25, 0.3) is 0 Å². The molecule has 78 valence electrons. The smallest absolute Gasteiger partial charge is 0.0406 e. The van der Waals surface area contributed by atoms with Crippen LogP contribution in [0, 0.1) is 5.92 Å². The second-order valence-electron chi connectivity index (χ2n) is 4.27. The number of halogens is 1. The van der Waals surface area contributed by atoms with Crippen LogP contribution in [-0.2, 0) is 0 Å². The maximum Gasteiger partial charge on any atom is 0.0406 e. The summed E-state index contributed by atoms with van der Waals surface area (Å²) in [6.45, 7) is 0. The Balaban J connectivity index is 1.89. The molecule has 0 amide bonds. The number of allylic oxidation sites excluding steroid dienone is 1. The molecule has 3 atom stereocenters. The molecule has 4 rings (SSSR count). The number of fused-ring (bicyclic) bond motifs is 2. The maximum absolute atomic E-state index is 5.91. The minimum Gasteiger partial charge on any atom is -0.146 e. The first-order valence-corrected chi connectivity index (χ1v) is 6.74. The van der Waals surface area contributed by atoms with Gasteiger partial charge < -0.3 is 0 Å². The van der Waals surface area contributed by atoms with Crippen molar-refractivity contribution in [1.82, 2.24) is 0 Å². The minimum atomic E-state index is 0.658. The van der Waals surface area contributed by atoms with Crippen molar-refractivity contribution < 1.29 is 0 Å². The van der Waals surface area contributed by atoms with E-state index in [0.717, 1.165) is 16.2 Å². The fourth-order valence-corrected chi connectivity index (χ4v) is 4.15. The molecule has 1 aliphatic carbocycles. The van der Waals surface area contributed by atoms with Crippen LogP contribution in [0.4, 0.5) is 0 Å². The summed E-state index contributed by atoms with van der Waals surface area (Å²) in [5, 5.41) is 2.24. The third-order valence-corrected chi connectivity index (χ3v) is 5.18. The molecule has 1 fully saturated rings. The summed E-state index contributed by atoms with van der Waals surface area (Å²) in [4.78, 5) is 0. The number of benzene rings is 1. The lowest BCUT2D eigenvalue weighted by Gasteiger charge is -2.37. The SMILES string of the molecule is Clc1ccc(C2SC3C=CC2CC3)cc1. The van der Waals surface area contributed by atoms with Crippen LogP contribution in [0.2, 0.25) is 5.02 Å². The summed E-state index contributed by atoms with van der Waals surface area (Å²) >= 11 is 8.02. The average molecular weight is 237 g/mol. The third-order valence-electron chi connectivity index (χ3n) is 3.27. The minimum absolute atomic E-state index is 0.658. The van der Waals surface area contributed by atoms with Crippen LogP contribution in [0.15, 0.2) is 36.4 Å². The monoisotopic (exact) mass is 236 g/mol. The van der Waals surface area contributed by atoms with Gasteiger partial charge in [-0.1, -0.05) is 35.9 Å². The maximum atomic E-state index is 5.91. The molecule has 1 aromatic rings. The number of hydrogen-bond acceptors (Lipinski definition) is 1. The van der Waals surface area contributed by atoms with Gasteiger partial charge in [0.15, 0.2) is 0 Å². The van der Waals surface area contributed by atoms with Crippen LogP contribution >= 0.6 is 23.4 Å². The van der Waals surface area contributed by atoms with Crippen LogP contribution in [0.5, 0.6) is 0 Å². The molecule has 0 aromatic heterocycles. The summed E-state index contributed by atoms with van der Waals surface area (Å²) in [5.41, 5.74) is 1.43. The van der Waals surface area contributed by atoms with Crippen molar-refractivity contribution in [2.75, 3.05) is 0 Å². The van der Waals surface area contributed by atoms with E-state index in [9.17, 15) is 0 Å². The number of thioether (sulfide) groups is 1. The van der Waals surface area contributed by atoms with E-state index in [1.165, 1.54) is 18.4 Å². The molecule has 0 nitrogen and oxygen atoms in total. The van der Waals surface area contributed by atoms with E-state index >= 15 is 0 Å². The molecule has 0 N–H and O–H groups in total. The van der Waals surface area contributed by atoms with Crippen molar-refractivity contribution in [2.24, 2.45) is 5.92 Å². The van der Waals surface area contributed by atoms with Gasteiger partial charge in [-0.25, -0.2) is 0 Å². The molecule has 0 saturated carbocycles. The molecule has 0 spiro atoms. The first-order chi connectivity index (χ1) is 7.33. The zero-order valence-corrected chi connectivity index (χ0v) is 9.97.